The molecule has 3 heterocycles. The van der Waals surface area contributed by atoms with E-state index in [1.165, 1.54) is 6.07 Å². The summed E-state index contributed by atoms with van der Waals surface area (Å²) in [5, 5.41) is 0.196. The molecule has 0 radical (unpaired) electrons. The van der Waals surface area contributed by atoms with Gasteiger partial charge in [0.2, 0.25) is 0 Å². The molecular formula is C22H21ClFN5O. The Morgan fingerprint density at radius 3 is 2.93 bits per heavy atom. The first-order valence-corrected chi connectivity index (χ1v) is 10.2. The Morgan fingerprint density at radius 2 is 2.10 bits per heavy atom. The molecule has 0 atom stereocenters. The van der Waals surface area contributed by atoms with Gasteiger partial charge >= 0.3 is 6.01 Å². The summed E-state index contributed by atoms with van der Waals surface area (Å²) in [6, 6.07) is 1.60. The number of nitrogens with zero attached hydrogens (tertiary/aromatic N) is 5. The molecule has 1 aliphatic carbocycles. The van der Waals surface area contributed by atoms with Gasteiger partial charge in [-0.1, -0.05) is 55.3 Å². The average Bonchev–Trinajstić information content (AvgIpc) is 2.90. The van der Waals surface area contributed by atoms with Crippen molar-refractivity contribution in [3.8, 4) is 17.4 Å². The van der Waals surface area contributed by atoms with Crippen LogP contribution < -0.4 is 4.74 Å². The van der Waals surface area contributed by atoms with E-state index in [0.29, 0.717) is 35.7 Å². The van der Waals surface area contributed by atoms with E-state index in [2.05, 4.69) is 45.1 Å². The Labute approximate surface area is 178 Å². The zero-order valence-electron chi connectivity index (χ0n) is 16.6. The first-order valence-electron chi connectivity index (χ1n) is 9.85. The highest BCUT2D eigenvalue weighted by molar-refractivity contribution is 6.33. The van der Waals surface area contributed by atoms with Crippen LogP contribution in [0, 0.1) is 5.82 Å². The average molecular weight is 426 g/mol. The van der Waals surface area contributed by atoms with Gasteiger partial charge in [-0.25, -0.2) is 9.37 Å². The zero-order valence-corrected chi connectivity index (χ0v) is 17.3. The van der Waals surface area contributed by atoms with Crippen LogP contribution in [0.15, 0.2) is 54.4 Å². The lowest BCUT2D eigenvalue weighted by Crippen LogP contribution is -2.06. The molecule has 3 aromatic rings. The zero-order chi connectivity index (χ0) is 20.9. The third-order valence-electron chi connectivity index (χ3n) is 4.61. The third kappa shape index (κ3) is 4.41. The summed E-state index contributed by atoms with van der Waals surface area (Å²) in [7, 11) is 0. The highest BCUT2D eigenvalue weighted by Gasteiger charge is 2.20. The number of hydrogen-bond acceptors (Lipinski definition) is 5. The van der Waals surface area contributed by atoms with Gasteiger partial charge in [-0.05, 0) is 24.5 Å². The van der Waals surface area contributed by atoms with Gasteiger partial charge in [0.1, 0.15) is 17.2 Å². The molecule has 0 spiro atoms. The minimum Gasteiger partial charge on any atom is -0.463 e. The van der Waals surface area contributed by atoms with E-state index in [4.69, 9.17) is 16.3 Å². The number of hydrogen-bond donors (Lipinski definition) is 0. The van der Waals surface area contributed by atoms with Crippen LogP contribution in [0.2, 0.25) is 5.15 Å². The number of pyridine rings is 1. The van der Waals surface area contributed by atoms with Gasteiger partial charge < -0.3 is 9.30 Å². The van der Waals surface area contributed by atoms with E-state index < -0.39 is 5.82 Å². The number of halogens is 2. The molecule has 6 nitrogen and oxygen atoms in total. The summed E-state index contributed by atoms with van der Waals surface area (Å²) in [5.41, 5.74) is 2.55. The van der Waals surface area contributed by atoms with Crippen LogP contribution in [0.25, 0.3) is 22.6 Å². The fraction of sp³-hybridized carbons (Fsp3) is 0.273. The van der Waals surface area contributed by atoms with Crippen molar-refractivity contribution in [3.05, 3.63) is 65.4 Å². The van der Waals surface area contributed by atoms with Gasteiger partial charge in [0, 0.05) is 11.8 Å². The molecule has 0 saturated carbocycles. The van der Waals surface area contributed by atoms with E-state index in [1.807, 2.05) is 16.7 Å². The van der Waals surface area contributed by atoms with Crippen molar-refractivity contribution in [2.75, 3.05) is 6.61 Å². The third-order valence-corrected chi connectivity index (χ3v) is 4.88. The van der Waals surface area contributed by atoms with E-state index >= 15 is 0 Å². The Morgan fingerprint density at radius 1 is 1.20 bits per heavy atom. The first kappa shape index (κ1) is 20.2. The van der Waals surface area contributed by atoms with Crippen molar-refractivity contribution >= 4 is 22.8 Å². The smallest absolute Gasteiger partial charge is 0.319 e. The van der Waals surface area contributed by atoms with Crippen LogP contribution in [0.1, 0.15) is 26.2 Å². The number of allylic oxidation sites excluding steroid dienone is 6. The maximum absolute atomic E-state index is 13.9. The molecule has 154 valence electrons. The standard InChI is InChI=1S/C22H21ClFN5O/c1-2-3-10-30-22-27-19(23)18-21(28-22)29(14-15-8-6-4-5-7-9-15)20(26-18)16-11-17(24)13-25-12-16/h4,6-9,11-13H,2-3,5,10,14H2,1H3. The molecule has 0 N–H and O–H groups in total. The fourth-order valence-electron chi connectivity index (χ4n) is 3.14. The van der Waals surface area contributed by atoms with E-state index in [0.717, 1.165) is 31.0 Å². The number of ether oxygens (including phenoxy) is 1. The summed E-state index contributed by atoms with van der Waals surface area (Å²) in [4.78, 5) is 17.4. The SMILES string of the molecule is CCCCOc1nc(Cl)c2nc(-c3cncc(F)c3)n(CC3=CC=CCC=C3)c2n1. The van der Waals surface area contributed by atoms with Crippen LogP contribution in [0.5, 0.6) is 6.01 Å². The fourth-order valence-corrected chi connectivity index (χ4v) is 3.34. The molecule has 0 fully saturated rings. The summed E-state index contributed by atoms with van der Waals surface area (Å²) in [5.74, 6) is 0.0739. The Balaban J connectivity index is 1.85. The number of unbranched alkanes of at least 4 members (excludes halogenated alkanes) is 1. The highest BCUT2D eigenvalue weighted by atomic mass is 35.5. The number of fused-ring (bicyclic) bond motifs is 1. The molecule has 1 aliphatic rings. The maximum atomic E-state index is 13.9. The molecule has 8 heteroatoms. The van der Waals surface area contributed by atoms with E-state index in [1.54, 1.807) is 6.20 Å². The van der Waals surface area contributed by atoms with Crippen molar-refractivity contribution < 1.29 is 9.13 Å². The molecule has 0 unspecified atom stereocenters. The minimum absolute atomic E-state index is 0.196. The summed E-state index contributed by atoms with van der Waals surface area (Å²) in [6.07, 6.45) is 15.7. The van der Waals surface area contributed by atoms with E-state index in [9.17, 15) is 4.39 Å². The van der Waals surface area contributed by atoms with Gasteiger partial charge in [0.05, 0.1) is 19.3 Å². The molecule has 0 saturated heterocycles. The monoisotopic (exact) mass is 425 g/mol. The lowest BCUT2D eigenvalue weighted by molar-refractivity contribution is 0.286. The van der Waals surface area contributed by atoms with Gasteiger partial charge in [0.15, 0.2) is 10.8 Å². The second-order valence-electron chi connectivity index (χ2n) is 6.89. The number of imidazole rings is 1. The van der Waals surface area contributed by atoms with Crippen molar-refractivity contribution in [2.45, 2.75) is 32.7 Å². The Hall–Kier alpha value is -3.06. The maximum Gasteiger partial charge on any atom is 0.319 e. The molecule has 30 heavy (non-hydrogen) atoms. The van der Waals surface area contributed by atoms with Gasteiger partial charge in [0.25, 0.3) is 0 Å². The number of rotatable bonds is 7. The second kappa shape index (κ2) is 9.17. The van der Waals surface area contributed by atoms with Crippen LogP contribution in [0.3, 0.4) is 0 Å². The predicted molar refractivity (Wildman–Crippen MR) is 115 cm³/mol. The van der Waals surface area contributed by atoms with Crippen molar-refractivity contribution in [1.82, 2.24) is 24.5 Å². The predicted octanol–water partition coefficient (Wildman–Crippen LogP) is 5.30. The van der Waals surface area contributed by atoms with Crippen LogP contribution in [-0.4, -0.2) is 31.1 Å². The van der Waals surface area contributed by atoms with Gasteiger partial charge in [-0.2, -0.15) is 9.97 Å². The molecule has 3 aromatic heterocycles. The van der Waals surface area contributed by atoms with Crippen LogP contribution in [-0.2, 0) is 6.54 Å². The molecule has 4 rings (SSSR count). The normalized spacial score (nSPS) is 13.5. The summed E-state index contributed by atoms with van der Waals surface area (Å²) in [6.45, 7) is 3.06. The lowest BCUT2D eigenvalue weighted by atomic mass is 10.2. The molecule has 0 aliphatic heterocycles. The lowest BCUT2D eigenvalue weighted by Gasteiger charge is -2.10. The van der Waals surface area contributed by atoms with Crippen molar-refractivity contribution in [1.29, 1.82) is 0 Å². The van der Waals surface area contributed by atoms with Crippen LogP contribution in [0.4, 0.5) is 4.39 Å². The van der Waals surface area contributed by atoms with Crippen LogP contribution >= 0.6 is 11.6 Å². The first-order chi connectivity index (χ1) is 14.7. The summed E-state index contributed by atoms with van der Waals surface area (Å²) < 4.78 is 21.4. The highest BCUT2D eigenvalue weighted by Crippen LogP contribution is 2.30. The van der Waals surface area contributed by atoms with Crippen molar-refractivity contribution in [2.24, 2.45) is 0 Å². The van der Waals surface area contributed by atoms with Gasteiger partial charge in [-0.15, -0.1) is 0 Å². The second-order valence-corrected chi connectivity index (χ2v) is 7.25. The van der Waals surface area contributed by atoms with E-state index in [-0.39, 0.29) is 11.2 Å². The molecule has 0 amide bonds. The quantitative estimate of drug-likeness (QED) is 0.379. The Kier molecular flexibility index (Phi) is 6.18. The van der Waals surface area contributed by atoms with Crippen molar-refractivity contribution in [3.63, 3.8) is 0 Å². The molecular weight excluding hydrogens is 405 g/mol. The minimum atomic E-state index is -0.441. The Bertz CT molecular complexity index is 1150. The largest absolute Gasteiger partial charge is 0.463 e. The molecule has 0 bridgehead atoms. The number of aromatic nitrogens is 5. The van der Waals surface area contributed by atoms with Gasteiger partial charge in [-0.3, -0.25) is 4.98 Å². The summed E-state index contributed by atoms with van der Waals surface area (Å²) >= 11 is 6.41. The molecule has 0 aromatic carbocycles. The topological polar surface area (TPSA) is 65.7 Å².